The number of carboxylic acids is 1. The largest absolute Gasteiger partial charge is 0.481 e. The van der Waals surface area contributed by atoms with Crippen LogP contribution in [0.2, 0.25) is 0 Å². The molecule has 0 aliphatic heterocycles. The molecule has 1 unspecified atom stereocenters. The molecule has 0 aliphatic rings. The standard InChI is InChI=1S/C16H24N2O3/c1-3-13(10-15(19)20)11-17-16(21)18(4-2)12-14-8-6-5-7-9-14/h5-9,13H,3-4,10-12H2,1-2H3,(H,17,21)(H,19,20). The van der Waals surface area contributed by atoms with Gasteiger partial charge in [0.15, 0.2) is 0 Å². The van der Waals surface area contributed by atoms with Crippen molar-refractivity contribution in [2.45, 2.75) is 33.2 Å². The van der Waals surface area contributed by atoms with Gasteiger partial charge in [-0.1, -0.05) is 43.7 Å². The smallest absolute Gasteiger partial charge is 0.317 e. The van der Waals surface area contributed by atoms with Crippen molar-refractivity contribution >= 4 is 12.0 Å². The predicted molar refractivity (Wildman–Crippen MR) is 82.0 cm³/mol. The van der Waals surface area contributed by atoms with E-state index in [1.54, 1.807) is 4.90 Å². The highest BCUT2D eigenvalue weighted by atomic mass is 16.4. The summed E-state index contributed by atoms with van der Waals surface area (Å²) in [6.07, 6.45) is 0.818. The molecule has 0 saturated carbocycles. The zero-order valence-corrected chi connectivity index (χ0v) is 12.7. The van der Waals surface area contributed by atoms with Gasteiger partial charge in [0.25, 0.3) is 0 Å². The van der Waals surface area contributed by atoms with Crippen LogP contribution in [0.25, 0.3) is 0 Å². The minimum absolute atomic E-state index is 0.0260. The lowest BCUT2D eigenvalue weighted by atomic mass is 10.0. The Labute approximate surface area is 126 Å². The van der Waals surface area contributed by atoms with Crippen LogP contribution in [0, 0.1) is 5.92 Å². The van der Waals surface area contributed by atoms with E-state index >= 15 is 0 Å². The second-order valence-electron chi connectivity index (χ2n) is 5.06. The molecule has 0 saturated heterocycles. The van der Waals surface area contributed by atoms with Crippen LogP contribution in [0.15, 0.2) is 30.3 Å². The molecular formula is C16H24N2O3. The molecule has 1 aromatic carbocycles. The Bertz CT molecular complexity index is 448. The summed E-state index contributed by atoms with van der Waals surface area (Å²) in [5.74, 6) is -0.852. The van der Waals surface area contributed by atoms with Crippen molar-refractivity contribution in [3.05, 3.63) is 35.9 Å². The van der Waals surface area contributed by atoms with Crippen molar-refractivity contribution in [2.75, 3.05) is 13.1 Å². The number of amides is 2. The fourth-order valence-corrected chi connectivity index (χ4v) is 2.08. The predicted octanol–water partition coefficient (Wildman–Crippen LogP) is 2.72. The Kier molecular flexibility index (Phi) is 7.29. The van der Waals surface area contributed by atoms with Crippen molar-refractivity contribution in [3.8, 4) is 0 Å². The molecule has 0 fully saturated rings. The molecule has 116 valence electrons. The minimum Gasteiger partial charge on any atom is -0.481 e. The molecule has 0 aliphatic carbocycles. The number of carboxylic acid groups (broad SMARTS) is 1. The van der Waals surface area contributed by atoms with Gasteiger partial charge in [-0.25, -0.2) is 4.79 Å². The van der Waals surface area contributed by atoms with Crippen molar-refractivity contribution < 1.29 is 14.7 Å². The van der Waals surface area contributed by atoms with Crippen LogP contribution in [0.5, 0.6) is 0 Å². The van der Waals surface area contributed by atoms with E-state index in [2.05, 4.69) is 5.32 Å². The fourth-order valence-electron chi connectivity index (χ4n) is 2.08. The Morgan fingerprint density at radius 2 is 1.90 bits per heavy atom. The van der Waals surface area contributed by atoms with Crippen LogP contribution in [0.4, 0.5) is 4.79 Å². The lowest BCUT2D eigenvalue weighted by Crippen LogP contribution is -2.41. The van der Waals surface area contributed by atoms with E-state index in [9.17, 15) is 9.59 Å². The average molecular weight is 292 g/mol. The van der Waals surface area contributed by atoms with E-state index in [1.807, 2.05) is 44.2 Å². The lowest BCUT2D eigenvalue weighted by molar-refractivity contribution is -0.138. The molecule has 0 heterocycles. The SMILES string of the molecule is CCC(CNC(=O)N(CC)Cc1ccccc1)CC(=O)O. The van der Waals surface area contributed by atoms with E-state index < -0.39 is 5.97 Å². The van der Waals surface area contributed by atoms with Crippen molar-refractivity contribution in [2.24, 2.45) is 5.92 Å². The Balaban J connectivity index is 2.49. The van der Waals surface area contributed by atoms with Gasteiger partial charge in [-0.3, -0.25) is 4.79 Å². The number of carbonyl (C=O) groups is 2. The molecule has 1 rings (SSSR count). The van der Waals surface area contributed by atoms with Gasteiger partial charge >= 0.3 is 12.0 Å². The van der Waals surface area contributed by atoms with Gasteiger partial charge in [-0.2, -0.15) is 0 Å². The third-order valence-electron chi connectivity index (χ3n) is 3.47. The van der Waals surface area contributed by atoms with Crippen LogP contribution in [0.3, 0.4) is 0 Å². The van der Waals surface area contributed by atoms with Gasteiger partial charge < -0.3 is 15.3 Å². The van der Waals surface area contributed by atoms with Crippen molar-refractivity contribution in [3.63, 3.8) is 0 Å². The zero-order valence-electron chi connectivity index (χ0n) is 12.7. The highest BCUT2D eigenvalue weighted by molar-refractivity contribution is 5.74. The monoisotopic (exact) mass is 292 g/mol. The average Bonchev–Trinajstić information content (AvgIpc) is 2.49. The highest BCUT2D eigenvalue weighted by Crippen LogP contribution is 2.08. The van der Waals surface area contributed by atoms with E-state index in [0.29, 0.717) is 19.6 Å². The first-order valence-corrected chi connectivity index (χ1v) is 7.35. The Hall–Kier alpha value is -2.04. The summed E-state index contributed by atoms with van der Waals surface area (Å²) >= 11 is 0. The third kappa shape index (κ3) is 6.29. The molecule has 0 aromatic heterocycles. The van der Waals surface area contributed by atoms with Gasteiger partial charge in [0, 0.05) is 26.1 Å². The minimum atomic E-state index is -0.826. The van der Waals surface area contributed by atoms with Crippen LogP contribution in [0.1, 0.15) is 32.3 Å². The number of nitrogens with one attached hydrogen (secondary N) is 1. The number of aliphatic carboxylic acids is 1. The Morgan fingerprint density at radius 1 is 1.24 bits per heavy atom. The van der Waals surface area contributed by atoms with Gasteiger partial charge in [-0.15, -0.1) is 0 Å². The van der Waals surface area contributed by atoms with E-state index in [1.165, 1.54) is 0 Å². The summed E-state index contributed by atoms with van der Waals surface area (Å²) in [7, 11) is 0. The van der Waals surface area contributed by atoms with Crippen LogP contribution in [-0.4, -0.2) is 35.1 Å². The highest BCUT2D eigenvalue weighted by Gasteiger charge is 2.15. The van der Waals surface area contributed by atoms with E-state index in [0.717, 1.165) is 12.0 Å². The molecule has 0 radical (unpaired) electrons. The molecule has 2 amide bonds. The quantitative estimate of drug-likeness (QED) is 0.774. The summed E-state index contributed by atoms with van der Waals surface area (Å²) < 4.78 is 0. The first kappa shape index (κ1) is 17.0. The van der Waals surface area contributed by atoms with Crippen molar-refractivity contribution in [1.29, 1.82) is 0 Å². The Morgan fingerprint density at radius 3 is 2.43 bits per heavy atom. The second-order valence-corrected chi connectivity index (χ2v) is 5.06. The molecular weight excluding hydrogens is 268 g/mol. The molecule has 2 N–H and O–H groups in total. The lowest BCUT2D eigenvalue weighted by Gasteiger charge is -2.23. The maximum absolute atomic E-state index is 12.2. The van der Waals surface area contributed by atoms with Crippen molar-refractivity contribution in [1.82, 2.24) is 10.2 Å². The molecule has 21 heavy (non-hydrogen) atoms. The molecule has 5 heteroatoms. The maximum Gasteiger partial charge on any atom is 0.317 e. The fraction of sp³-hybridized carbons (Fsp3) is 0.500. The van der Waals surface area contributed by atoms with Gasteiger partial charge in [0.05, 0.1) is 0 Å². The number of hydrogen-bond donors (Lipinski definition) is 2. The third-order valence-corrected chi connectivity index (χ3v) is 3.47. The molecule has 1 atom stereocenters. The first-order valence-electron chi connectivity index (χ1n) is 7.35. The summed E-state index contributed by atoms with van der Waals surface area (Å²) in [5.41, 5.74) is 1.08. The summed E-state index contributed by atoms with van der Waals surface area (Å²) in [4.78, 5) is 24.6. The van der Waals surface area contributed by atoms with Crippen LogP contribution >= 0.6 is 0 Å². The number of nitrogens with zero attached hydrogens (tertiary/aromatic N) is 1. The van der Waals surface area contributed by atoms with Crippen LogP contribution < -0.4 is 5.32 Å². The molecule has 1 aromatic rings. The summed E-state index contributed by atoms with van der Waals surface area (Å²) in [5, 5.41) is 11.6. The summed E-state index contributed by atoms with van der Waals surface area (Å²) in [6, 6.07) is 9.65. The first-order chi connectivity index (χ1) is 10.1. The maximum atomic E-state index is 12.2. The van der Waals surface area contributed by atoms with E-state index in [-0.39, 0.29) is 18.4 Å². The second kappa shape index (κ2) is 9.00. The number of rotatable bonds is 8. The topological polar surface area (TPSA) is 69.6 Å². The number of benzene rings is 1. The van der Waals surface area contributed by atoms with Gasteiger partial charge in [0.2, 0.25) is 0 Å². The van der Waals surface area contributed by atoms with E-state index in [4.69, 9.17) is 5.11 Å². The molecule has 0 spiro atoms. The van der Waals surface area contributed by atoms with Gasteiger partial charge in [-0.05, 0) is 18.4 Å². The zero-order chi connectivity index (χ0) is 15.7. The van der Waals surface area contributed by atoms with Gasteiger partial charge in [0.1, 0.15) is 0 Å². The number of hydrogen-bond acceptors (Lipinski definition) is 2. The van der Waals surface area contributed by atoms with Crippen LogP contribution in [-0.2, 0) is 11.3 Å². The number of urea groups is 1. The molecule has 5 nitrogen and oxygen atoms in total. The summed E-state index contributed by atoms with van der Waals surface area (Å²) in [6.45, 7) is 5.42. The normalized spacial score (nSPS) is 11.7. The number of carbonyl (C=O) groups excluding carboxylic acids is 1. The molecule has 0 bridgehead atoms.